The normalized spacial score (nSPS) is 21.6. The van der Waals surface area contributed by atoms with Gasteiger partial charge in [0.1, 0.15) is 24.6 Å². The molecular weight excluding hydrogens is 270 g/mol. The smallest absolute Gasteiger partial charge is 0.248 e. The fourth-order valence-corrected chi connectivity index (χ4v) is 2.47. The Bertz CT molecular complexity index is 474. The van der Waals surface area contributed by atoms with Crippen molar-refractivity contribution in [1.29, 1.82) is 0 Å². The van der Waals surface area contributed by atoms with E-state index in [1.54, 1.807) is 12.0 Å². The van der Waals surface area contributed by atoms with Crippen LogP contribution in [0.4, 0.5) is 0 Å². The number of carbonyl (C=O) groups excluding carboxylic acids is 1. The van der Waals surface area contributed by atoms with E-state index >= 15 is 0 Å². The summed E-state index contributed by atoms with van der Waals surface area (Å²) in [7, 11) is 3.20. The highest BCUT2D eigenvalue weighted by Crippen LogP contribution is 2.26. The molecule has 0 radical (unpaired) electrons. The van der Waals surface area contributed by atoms with Crippen molar-refractivity contribution in [2.24, 2.45) is 0 Å². The third-order valence-corrected chi connectivity index (χ3v) is 3.89. The molecule has 0 bridgehead atoms. The lowest BCUT2D eigenvalue weighted by Crippen LogP contribution is -2.43. The van der Waals surface area contributed by atoms with Gasteiger partial charge >= 0.3 is 0 Å². The number of nitrogens with zero attached hydrogens (tertiary/aromatic N) is 1. The standard InChI is InChI=1S/C16H23NO4/c1-13-4-6-14(7-5-13)21-12-16(20-3)8-9-17(11-16)15(18)10-19-2/h4-7H,8-12H2,1-3H3/t16-/m0/s1. The van der Waals surface area contributed by atoms with Crippen LogP contribution in [0.15, 0.2) is 24.3 Å². The Morgan fingerprint density at radius 2 is 2.00 bits per heavy atom. The van der Waals surface area contributed by atoms with E-state index < -0.39 is 5.60 Å². The number of hydrogen-bond donors (Lipinski definition) is 0. The Hall–Kier alpha value is -1.59. The van der Waals surface area contributed by atoms with Crippen LogP contribution in [0.3, 0.4) is 0 Å². The lowest BCUT2D eigenvalue weighted by atomic mass is 10.0. The molecule has 1 aliphatic heterocycles. The minimum atomic E-state index is -0.436. The van der Waals surface area contributed by atoms with Gasteiger partial charge in [0.05, 0.1) is 6.54 Å². The summed E-state index contributed by atoms with van der Waals surface area (Å²) in [6.45, 7) is 3.80. The fraction of sp³-hybridized carbons (Fsp3) is 0.562. The average Bonchev–Trinajstić information content (AvgIpc) is 2.92. The van der Waals surface area contributed by atoms with Crippen LogP contribution in [0.5, 0.6) is 5.75 Å². The number of aryl methyl sites for hydroxylation is 1. The highest BCUT2D eigenvalue weighted by molar-refractivity contribution is 5.77. The number of methoxy groups -OCH3 is 2. The zero-order chi connectivity index (χ0) is 15.3. The van der Waals surface area contributed by atoms with Gasteiger partial charge in [-0.3, -0.25) is 4.79 Å². The molecule has 0 saturated carbocycles. The van der Waals surface area contributed by atoms with Crippen LogP contribution < -0.4 is 4.74 Å². The minimum absolute atomic E-state index is 0.00763. The number of rotatable bonds is 6. The number of carbonyl (C=O) groups is 1. The third kappa shape index (κ3) is 3.95. The van der Waals surface area contributed by atoms with Crippen LogP contribution in [0.1, 0.15) is 12.0 Å². The van der Waals surface area contributed by atoms with E-state index in [4.69, 9.17) is 14.2 Å². The summed E-state index contributed by atoms with van der Waals surface area (Å²) in [4.78, 5) is 13.6. The summed E-state index contributed by atoms with van der Waals surface area (Å²) in [5, 5.41) is 0. The van der Waals surface area contributed by atoms with Crippen LogP contribution >= 0.6 is 0 Å². The maximum atomic E-state index is 11.9. The molecule has 1 atom stereocenters. The molecule has 21 heavy (non-hydrogen) atoms. The Morgan fingerprint density at radius 3 is 2.62 bits per heavy atom. The van der Waals surface area contributed by atoms with Gasteiger partial charge in [0.15, 0.2) is 0 Å². The molecule has 1 fully saturated rings. The minimum Gasteiger partial charge on any atom is -0.491 e. The van der Waals surface area contributed by atoms with Crippen LogP contribution in [-0.4, -0.2) is 56.9 Å². The highest BCUT2D eigenvalue weighted by atomic mass is 16.5. The second-order valence-electron chi connectivity index (χ2n) is 5.49. The van der Waals surface area contributed by atoms with Crippen molar-refractivity contribution >= 4 is 5.91 Å². The lowest BCUT2D eigenvalue weighted by Gasteiger charge is -2.27. The molecule has 0 aromatic heterocycles. The maximum absolute atomic E-state index is 11.9. The van der Waals surface area contributed by atoms with Crippen molar-refractivity contribution in [3.8, 4) is 5.75 Å². The van der Waals surface area contributed by atoms with E-state index in [9.17, 15) is 4.79 Å². The maximum Gasteiger partial charge on any atom is 0.248 e. The van der Waals surface area contributed by atoms with Crippen molar-refractivity contribution in [1.82, 2.24) is 4.90 Å². The van der Waals surface area contributed by atoms with Gasteiger partial charge in [-0.2, -0.15) is 0 Å². The molecule has 0 N–H and O–H groups in total. The molecule has 116 valence electrons. The summed E-state index contributed by atoms with van der Waals surface area (Å²) in [6, 6.07) is 7.92. The second kappa shape index (κ2) is 6.91. The largest absolute Gasteiger partial charge is 0.491 e. The molecule has 1 aromatic carbocycles. The Balaban J connectivity index is 1.93. The topological polar surface area (TPSA) is 48.0 Å². The van der Waals surface area contributed by atoms with Crippen LogP contribution in [-0.2, 0) is 14.3 Å². The Morgan fingerprint density at radius 1 is 1.29 bits per heavy atom. The number of benzene rings is 1. The number of ether oxygens (including phenoxy) is 3. The lowest BCUT2D eigenvalue weighted by molar-refractivity contribution is -0.135. The van der Waals surface area contributed by atoms with Gasteiger partial charge in [-0.1, -0.05) is 17.7 Å². The zero-order valence-electron chi connectivity index (χ0n) is 12.9. The van der Waals surface area contributed by atoms with E-state index in [1.165, 1.54) is 12.7 Å². The van der Waals surface area contributed by atoms with Crippen molar-refractivity contribution in [2.45, 2.75) is 18.9 Å². The average molecular weight is 293 g/mol. The first-order valence-electron chi connectivity index (χ1n) is 7.10. The van der Waals surface area contributed by atoms with Gasteiger partial charge in [-0.05, 0) is 25.5 Å². The van der Waals surface area contributed by atoms with Crippen molar-refractivity contribution in [3.05, 3.63) is 29.8 Å². The molecule has 5 heteroatoms. The van der Waals surface area contributed by atoms with Crippen molar-refractivity contribution in [2.75, 3.05) is 40.5 Å². The van der Waals surface area contributed by atoms with Gasteiger partial charge in [0.25, 0.3) is 0 Å². The molecule has 1 heterocycles. The highest BCUT2D eigenvalue weighted by Gasteiger charge is 2.41. The summed E-state index contributed by atoms with van der Waals surface area (Å²) in [5.41, 5.74) is 0.759. The molecule has 2 rings (SSSR count). The molecule has 1 saturated heterocycles. The number of likely N-dealkylation sites (tertiary alicyclic amines) is 1. The van der Waals surface area contributed by atoms with E-state index in [-0.39, 0.29) is 12.5 Å². The van der Waals surface area contributed by atoms with Crippen LogP contribution in [0.2, 0.25) is 0 Å². The van der Waals surface area contributed by atoms with Gasteiger partial charge in [-0.15, -0.1) is 0 Å². The SMILES string of the molecule is COCC(=O)N1CC[C@](COc2ccc(C)cc2)(OC)C1. The van der Waals surface area contributed by atoms with Crippen molar-refractivity contribution in [3.63, 3.8) is 0 Å². The predicted octanol–water partition coefficient (Wildman–Crippen LogP) is 1.64. The Labute approximate surface area is 125 Å². The molecular formula is C16H23NO4. The van der Waals surface area contributed by atoms with E-state index in [0.29, 0.717) is 19.7 Å². The molecule has 1 amide bonds. The first-order valence-corrected chi connectivity index (χ1v) is 7.10. The monoisotopic (exact) mass is 293 g/mol. The third-order valence-electron chi connectivity index (χ3n) is 3.89. The molecule has 0 unspecified atom stereocenters. The summed E-state index contributed by atoms with van der Waals surface area (Å²) >= 11 is 0. The molecule has 5 nitrogen and oxygen atoms in total. The van der Waals surface area contributed by atoms with Gasteiger partial charge < -0.3 is 19.1 Å². The number of hydrogen-bond acceptors (Lipinski definition) is 4. The molecule has 0 aliphatic carbocycles. The summed E-state index contributed by atoms with van der Waals surface area (Å²) in [5.74, 6) is 0.811. The van der Waals surface area contributed by atoms with Crippen LogP contribution in [0, 0.1) is 6.92 Å². The quantitative estimate of drug-likeness (QED) is 0.800. The second-order valence-corrected chi connectivity index (χ2v) is 5.49. The summed E-state index contributed by atoms with van der Waals surface area (Å²) in [6.07, 6.45) is 0.769. The molecule has 0 spiro atoms. The Kier molecular flexibility index (Phi) is 5.20. The summed E-state index contributed by atoms with van der Waals surface area (Å²) < 4.78 is 16.4. The van der Waals surface area contributed by atoms with Gasteiger partial charge in [-0.25, -0.2) is 0 Å². The van der Waals surface area contributed by atoms with E-state index in [0.717, 1.165) is 12.2 Å². The predicted molar refractivity (Wildman–Crippen MR) is 79.5 cm³/mol. The molecule has 1 aliphatic rings. The van der Waals surface area contributed by atoms with Crippen LogP contribution in [0.25, 0.3) is 0 Å². The zero-order valence-corrected chi connectivity index (χ0v) is 12.9. The van der Waals surface area contributed by atoms with Gasteiger partial charge in [0.2, 0.25) is 5.91 Å². The molecule has 1 aromatic rings. The first kappa shape index (κ1) is 15.8. The first-order chi connectivity index (χ1) is 10.1. The van der Waals surface area contributed by atoms with Crippen molar-refractivity contribution < 1.29 is 19.0 Å². The van der Waals surface area contributed by atoms with Gasteiger partial charge in [0, 0.05) is 20.8 Å². The fourth-order valence-electron chi connectivity index (χ4n) is 2.47. The van der Waals surface area contributed by atoms with E-state index in [1.807, 2.05) is 31.2 Å². The number of amides is 1. The van der Waals surface area contributed by atoms with E-state index in [2.05, 4.69) is 0 Å².